The average Bonchev–Trinajstić information content (AvgIpc) is 2.90. The largest absolute Gasteiger partial charge is 0.504 e. The Hall–Kier alpha value is -4.49. The summed E-state index contributed by atoms with van der Waals surface area (Å²) < 4.78 is 25.5. The van der Waals surface area contributed by atoms with Gasteiger partial charge < -0.3 is 49.2 Å². The molecule has 0 radical (unpaired) electrons. The number of benzene rings is 2. The highest BCUT2D eigenvalue weighted by Gasteiger charge is 2.53. The maximum atomic E-state index is 13.0. The van der Waals surface area contributed by atoms with Crippen LogP contribution in [0, 0.1) is 0 Å². The van der Waals surface area contributed by atoms with Crippen molar-refractivity contribution in [3.63, 3.8) is 0 Å². The number of rotatable bonds is 8. The second kappa shape index (κ2) is 11.9. The molecule has 13 nitrogen and oxygen atoms in total. The summed E-state index contributed by atoms with van der Waals surface area (Å²) in [5.41, 5.74) is -2.06. The summed E-state index contributed by atoms with van der Waals surface area (Å²) in [5.74, 6) is -4.44. The molecule has 0 aliphatic heterocycles. The van der Waals surface area contributed by atoms with E-state index < -0.39 is 60.4 Å². The van der Waals surface area contributed by atoms with Crippen LogP contribution < -0.4 is 9.47 Å². The summed E-state index contributed by atoms with van der Waals surface area (Å²) in [6, 6.07) is 6.12. The van der Waals surface area contributed by atoms with E-state index in [1.165, 1.54) is 38.5 Å². The smallest absolute Gasteiger partial charge is 0.338 e. The molecule has 1 aliphatic carbocycles. The van der Waals surface area contributed by atoms with Crippen LogP contribution >= 0.6 is 0 Å². The Kier molecular flexibility index (Phi) is 8.89. The number of esters is 3. The quantitative estimate of drug-likeness (QED) is 0.136. The molecule has 210 valence electrons. The highest BCUT2D eigenvalue weighted by Crippen LogP contribution is 2.38. The van der Waals surface area contributed by atoms with E-state index in [0.717, 1.165) is 25.3 Å². The predicted octanol–water partition coefficient (Wildman–Crippen LogP) is 1.03. The first-order valence-electron chi connectivity index (χ1n) is 11.5. The Morgan fingerprint density at radius 2 is 1.56 bits per heavy atom. The molecule has 1 aliphatic rings. The molecule has 39 heavy (non-hydrogen) atoms. The third kappa shape index (κ3) is 6.51. The first-order chi connectivity index (χ1) is 18.4. The van der Waals surface area contributed by atoms with Gasteiger partial charge in [-0.1, -0.05) is 6.07 Å². The van der Waals surface area contributed by atoms with Crippen molar-refractivity contribution in [2.24, 2.45) is 0 Å². The monoisotopic (exact) mass is 548 g/mol. The standard InChI is InChI=1S/C26H28O13/c1-35-18-9-14(10-19(36-2)22(18)31)24(32)39-23-17(29)11-26(34,25(33)37-3)12-20(23)38-21(30)7-5-13-4-6-15(27)16(28)8-13/h4-10,17,20,23,27-29,31,34H,11-12H2,1-3H3/b7-5+/t17-,20-,23-,26+/m1/s1. The molecule has 13 heteroatoms. The van der Waals surface area contributed by atoms with Crippen molar-refractivity contribution >= 4 is 24.0 Å². The van der Waals surface area contributed by atoms with Crippen molar-refractivity contribution in [3.8, 4) is 28.7 Å². The van der Waals surface area contributed by atoms with Gasteiger partial charge in [0, 0.05) is 18.9 Å². The number of phenols is 3. The Balaban J connectivity index is 1.87. The van der Waals surface area contributed by atoms with Crippen LogP contribution in [0.1, 0.15) is 28.8 Å². The van der Waals surface area contributed by atoms with Crippen LogP contribution in [0.2, 0.25) is 0 Å². The molecule has 0 bridgehead atoms. The fraction of sp³-hybridized carbons (Fsp3) is 0.346. The van der Waals surface area contributed by atoms with Gasteiger partial charge >= 0.3 is 17.9 Å². The number of phenolic OH excluding ortho intramolecular Hbond substituents is 3. The van der Waals surface area contributed by atoms with Gasteiger partial charge in [0.2, 0.25) is 5.75 Å². The Morgan fingerprint density at radius 3 is 2.13 bits per heavy atom. The maximum Gasteiger partial charge on any atom is 0.338 e. The van der Waals surface area contributed by atoms with E-state index in [0.29, 0.717) is 5.56 Å². The number of ether oxygens (including phenoxy) is 5. The van der Waals surface area contributed by atoms with E-state index in [9.17, 15) is 39.9 Å². The number of hydrogen-bond donors (Lipinski definition) is 5. The Bertz CT molecular complexity index is 1250. The molecule has 0 spiro atoms. The molecule has 0 unspecified atom stereocenters. The van der Waals surface area contributed by atoms with Gasteiger partial charge in [-0.15, -0.1) is 0 Å². The summed E-state index contributed by atoms with van der Waals surface area (Å²) >= 11 is 0. The van der Waals surface area contributed by atoms with E-state index in [1.807, 2.05) is 0 Å². The van der Waals surface area contributed by atoms with Crippen LogP contribution in [0.4, 0.5) is 0 Å². The molecule has 3 rings (SSSR count). The number of hydrogen-bond acceptors (Lipinski definition) is 13. The highest BCUT2D eigenvalue weighted by molar-refractivity contribution is 5.91. The van der Waals surface area contributed by atoms with E-state index in [-0.39, 0.29) is 28.6 Å². The number of aliphatic hydroxyl groups excluding tert-OH is 1. The van der Waals surface area contributed by atoms with Gasteiger partial charge in [-0.05, 0) is 35.9 Å². The first-order valence-corrected chi connectivity index (χ1v) is 11.5. The molecule has 1 fully saturated rings. The molecule has 0 saturated heterocycles. The van der Waals surface area contributed by atoms with Crippen LogP contribution in [0.5, 0.6) is 28.7 Å². The molecule has 2 aromatic carbocycles. The van der Waals surface area contributed by atoms with Gasteiger partial charge in [0.25, 0.3) is 0 Å². The number of carbonyl (C=O) groups is 3. The van der Waals surface area contributed by atoms with Crippen molar-refractivity contribution < 1.29 is 63.6 Å². The molecule has 1 saturated carbocycles. The zero-order valence-corrected chi connectivity index (χ0v) is 21.2. The maximum absolute atomic E-state index is 13.0. The average molecular weight is 548 g/mol. The zero-order chi connectivity index (χ0) is 28.9. The van der Waals surface area contributed by atoms with Crippen LogP contribution in [0.25, 0.3) is 6.08 Å². The minimum absolute atomic E-state index is 0.0982. The normalized spacial score (nSPS) is 22.6. The number of carbonyl (C=O) groups excluding carboxylic acids is 3. The van der Waals surface area contributed by atoms with Gasteiger partial charge in [-0.2, -0.15) is 0 Å². The van der Waals surface area contributed by atoms with Gasteiger partial charge in [-0.25, -0.2) is 14.4 Å². The van der Waals surface area contributed by atoms with Crippen LogP contribution in [-0.2, 0) is 23.8 Å². The molecular formula is C26H28O13. The van der Waals surface area contributed by atoms with Gasteiger partial charge in [0.1, 0.15) is 6.10 Å². The lowest BCUT2D eigenvalue weighted by Gasteiger charge is -2.41. The van der Waals surface area contributed by atoms with Crippen molar-refractivity contribution in [2.75, 3.05) is 21.3 Å². The fourth-order valence-corrected chi connectivity index (χ4v) is 4.06. The second-order valence-electron chi connectivity index (χ2n) is 8.65. The summed E-state index contributed by atoms with van der Waals surface area (Å²) in [6.07, 6.45) is -3.64. The van der Waals surface area contributed by atoms with Crippen LogP contribution in [-0.4, -0.2) is 88.7 Å². The van der Waals surface area contributed by atoms with E-state index in [2.05, 4.69) is 4.74 Å². The fourth-order valence-electron chi connectivity index (χ4n) is 4.06. The molecule has 0 heterocycles. The Labute approximate surface area is 222 Å². The predicted molar refractivity (Wildman–Crippen MR) is 131 cm³/mol. The minimum atomic E-state index is -2.25. The SMILES string of the molecule is COC(=O)[C@]1(O)C[C@@H](O)[C@@H](OC(=O)c2cc(OC)c(O)c(OC)c2)[C@H](OC(=O)/C=C/c2ccc(O)c(O)c2)C1. The van der Waals surface area contributed by atoms with E-state index in [1.54, 1.807) is 0 Å². The third-order valence-electron chi connectivity index (χ3n) is 6.03. The lowest BCUT2D eigenvalue weighted by molar-refractivity contribution is -0.198. The minimum Gasteiger partial charge on any atom is -0.504 e. The molecule has 5 N–H and O–H groups in total. The number of methoxy groups -OCH3 is 3. The summed E-state index contributed by atoms with van der Waals surface area (Å²) in [7, 11) is 3.54. The molecule has 2 aromatic rings. The van der Waals surface area contributed by atoms with Gasteiger partial charge in [0.15, 0.2) is 34.7 Å². The molecular weight excluding hydrogens is 520 g/mol. The topological polar surface area (TPSA) is 199 Å². The van der Waals surface area contributed by atoms with E-state index in [4.69, 9.17) is 18.9 Å². The summed E-state index contributed by atoms with van der Waals surface area (Å²) in [6.45, 7) is 0. The molecule has 4 atom stereocenters. The summed E-state index contributed by atoms with van der Waals surface area (Å²) in [4.78, 5) is 37.8. The van der Waals surface area contributed by atoms with Crippen molar-refractivity contribution in [1.82, 2.24) is 0 Å². The van der Waals surface area contributed by atoms with Crippen molar-refractivity contribution in [3.05, 3.63) is 47.5 Å². The Morgan fingerprint density at radius 1 is 0.923 bits per heavy atom. The summed E-state index contributed by atoms with van der Waals surface area (Å²) in [5, 5.41) is 50.6. The number of aromatic hydroxyl groups is 3. The lowest BCUT2D eigenvalue weighted by Crippen LogP contribution is -2.58. The first kappa shape index (κ1) is 29.1. The van der Waals surface area contributed by atoms with Gasteiger partial charge in [0.05, 0.1) is 33.0 Å². The van der Waals surface area contributed by atoms with Crippen molar-refractivity contribution in [1.29, 1.82) is 0 Å². The van der Waals surface area contributed by atoms with Gasteiger partial charge in [-0.3, -0.25) is 0 Å². The molecule has 0 aromatic heterocycles. The van der Waals surface area contributed by atoms with Crippen LogP contribution in [0.15, 0.2) is 36.4 Å². The third-order valence-corrected chi connectivity index (χ3v) is 6.03. The zero-order valence-electron chi connectivity index (χ0n) is 21.2. The van der Waals surface area contributed by atoms with E-state index >= 15 is 0 Å². The second-order valence-corrected chi connectivity index (χ2v) is 8.65. The lowest BCUT2D eigenvalue weighted by atomic mass is 9.79. The van der Waals surface area contributed by atoms with Crippen LogP contribution in [0.3, 0.4) is 0 Å². The number of aliphatic hydroxyl groups is 2. The highest BCUT2D eigenvalue weighted by atomic mass is 16.6. The molecule has 0 amide bonds. The van der Waals surface area contributed by atoms with Crippen molar-refractivity contribution in [2.45, 2.75) is 36.8 Å².